The number of thiocarbonyl (C=S) groups is 1. The molecule has 27 heavy (non-hydrogen) atoms. The summed E-state index contributed by atoms with van der Waals surface area (Å²) in [4.78, 5) is 12.3. The van der Waals surface area contributed by atoms with Gasteiger partial charge in [0.25, 0.3) is 5.91 Å². The van der Waals surface area contributed by atoms with E-state index in [1.54, 1.807) is 6.07 Å². The third-order valence-corrected chi connectivity index (χ3v) is 5.23. The molecule has 0 atom stereocenters. The summed E-state index contributed by atoms with van der Waals surface area (Å²) in [5, 5.41) is 9.32. The summed E-state index contributed by atoms with van der Waals surface area (Å²) in [6.07, 6.45) is 0. The largest absolute Gasteiger partial charge is 0.356 e. The summed E-state index contributed by atoms with van der Waals surface area (Å²) in [6, 6.07) is 23.2. The van der Waals surface area contributed by atoms with Gasteiger partial charge in [0.05, 0.1) is 0 Å². The zero-order chi connectivity index (χ0) is 19.2. The van der Waals surface area contributed by atoms with E-state index in [-0.39, 0.29) is 11.0 Å². The van der Waals surface area contributed by atoms with Crippen LogP contribution in [0.1, 0.15) is 15.9 Å². The SMILES string of the molecule is Cc1ccc(C(=O)NC(=S)Nc2ccc(Nc3ccccc3)cc2)cc1I. The van der Waals surface area contributed by atoms with Gasteiger partial charge in [-0.05, 0) is 95.8 Å². The number of anilines is 3. The maximum atomic E-state index is 12.3. The Morgan fingerprint density at radius 3 is 2.19 bits per heavy atom. The van der Waals surface area contributed by atoms with E-state index in [2.05, 4.69) is 38.5 Å². The maximum absolute atomic E-state index is 12.3. The molecular formula is C21H18IN3OS. The topological polar surface area (TPSA) is 53.2 Å². The molecule has 0 radical (unpaired) electrons. The quantitative estimate of drug-likeness (QED) is 0.338. The summed E-state index contributed by atoms with van der Waals surface area (Å²) in [6.45, 7) is 2.01. The highest BCUT2D eigenvalue weighted by Gasteiger charge is 2.09. The van der Waals surface area contributed by atoms with Crippen LogP contribution in [0.25, 0.3) is 0 Å². The van der Waals surface area contributed by atoms with Crippen LogP contribution in [0, 0.1) is 10.5 Å². The Morgan fingerprint density at radius 2 is 1.52 bits per heavy atom. The van der Waals surface area contributed by atoms with Crippen molar-refractivity contribution in [1.82, 2.24) is 5.32 Å². The van der Waals surface area contributed by atoms with Crippen molar-refractivity contribution in [3.8, 4) is 0 Å². The lowest BCUT2D eigenvalue weighted by Gasteiger charge is -2.11. The van der Waals surface area contributed by atoms with Crippen LogP contribution in [0.5, 0.6) is 0 Å². The molecule has 3 rings (SSSR count). The van der Waals surface area contributed by atoms with Crippen molar-refractivity contribution in [3.05, 3.63) is 87.5 Å². The highest BCUT2D eigenvalue weighted by atomic mass is 127. The van der Waals surface area contributed by atoms with Crippen molar-refractivity contribution in [3.63, 3.8) is 0 Å². The minimum Gasteiger partial charge on any atom is -0.356 e. The predicted octanol–water partition coefficient (Wildman–Crippen LogP) is 5.47. The number of carbonyl (C=O) groups is 1. The first-order valence-corrected chi connectivity index (χ1v) is 9.80. The van der Waals surface area contributed by atoms with Crippen molar-refractivity contribution >= 4 is 62.9 Å². The third-order valence-electron chi connectivity index (χ3n) is 3.87. The zero-order valence-electron chi connectivity index (χ0n) is 14.6. The zero-order valence-corrected chi connectivity index (χ0v) is 17.6. The van der Waals surface area contributed by atoms with Crippen molar-refractivity contribution in [2.24, 2.45) is 0 Å². The Balaban J connectivity index is 1.57. The Kier molecular flexibility index (Phi) is 6.41. The fourth-order valence-electron chi connectivity index (χ4n) is 2.40. The van der Waals surface area contributed by atoms with Crippen LogP contribution >= 0.6 is 34.8 Å². The number of carbonyl (C=O) groups excluding carboxylic acids is 1. The number of hydrogen-bond acceptors (Lipinski definition) is 3. The fourth-order valence-corrected chi connectivity index (χ4v) is 3.12. The van der Waals surface area contributed by atoms with Gasteiger partial charge in [-0.25, -0.2) is 0 Å². The molecule has 1 amide bonds. The number of para-hydroxylation sites is 1. The van der Waals surface area contributed by atoms with E-state index in [4.69, 9.17) is 12.2 Å². The number of rotatable bonds is 4. The molecule has 0 saturated carbocycles. The molecule has 3 N–H and O–H groups in total. The molecule has 4 nitrogen and oxygen atoms in total. The lowest BCUT2D eigenvalue weighted by molar-refractivity contribution is 0.0977. The summed E-state index contributed by atoms with van der Waals surface area (Å²) < 4.78 is 1.04. The Labute approximate surface area is 177 Å². The van der Waals surface area contributed by atoms with Crippen LogP contribution in [0.2, 0.25) is 0 Å². The monoisotopic (exact) mass is 487 g/mol. The van der Waals surface area contributed by atoms with E-state index in [9.17, 15) is 4.79 Å². The summed E-state index contributed by atoms with van der Waals surface area (Å²) in [5.74, 6) is -0.229. The molecule has 0 saturated heterocycles. The van der Waals surface area contributed by atoms with E-state index in [0.29, 0.717) is 5.56 Å². The molecule has 0 spiro atoms. The number of aryl methyl sites for hydroxylation is 1. The van der Waals surface area contributed by atoms with Crippen LogP contribution in [-0.2, 0) is 0 Å². The number of benzene rings is 3. The van der Waals surface area contributed by atoms with Crippen molar-refractivity contribution in [1.29, 1.82) is 0 Å². The summed E-state index contributed by atoms with van der Waals surface area (Å²) in [5.41, 5.74) is 4.51. The Bertz CT molecular complexity index is 959. The Morgan fingerprint density at radius 1 is 0.889 bits per heavy atom. The van der Waals surface area contributed by atoms with Crippen LogP contribution in [-0.4, -0.2) is 11.0 Å². The predicted molar refractivity (Wildman–Crippen MR) is 124 cm³/mol. The standard InChI is InChI=1S/C21H18IN3OS/c1-14-7-8-15(13-19(14)22)20(26)25-21(27)24-18-11-9-17(10-12-18)23-16-5-3-2-4-6-16/h2-13,23H,1H3,(H2,24,25,26,27). The number of nitrogens with one attached hydrogen (secondary N) is 3. The van der Waals surface area contributed by atoms with Crippen molar-refractivity contribution in [2.45, 2.75) is 6.92 Å². The highest BCUT2D eigenvalue weighted by Crippen LogP contribution is 2.18. The second-order valence-electron chi connectivity index (χ2n) is 5.94. The lowest BCUT2D eigenvalue weighted by atomic mass is 10.1. The molecule has 0 bridgehead atoms. The first-order chi connectivity index (χ1) is 13.0. The minimum atomic E-state index is -0.229. The first-order valence-electron chi connectivity index (χ1n) is 8.32. The molecule has 0 heterocycles. The van der Waals surface area contributed by atoms with Crippen LogP contribution in [0.4, 0.5) is 17.1 Å². The number of hydrogen-bond donors (Lipinski definition) is 3. The molecule has 3 aromatic carbocycles. The molecule has 3 aromatic rings. The number of halogens is 1. The van der Waals surface area contributed by atoms with Crippen LogP contribution < -0.4 is 16.0 Å². The average Bonchev–Trinajstić information content (AvgIpc) is 2.66. The van der Waals surface area contributed by atoms with Crippen LogP contribution in [0.15, 0.2) is 72.8 Å². The van der Waals surface area contributed by atoms with E-state index in [1.165, 1.54) is 0 Å². The minimum absolute atomic E-state index is 0.229. The smallest absolute Gasteiger partial charge is 0.257 e. The van der Waals surface area contributed by atoms with Gasteiger partial charge in [0.2, 0.25) is 0 Å². The van der Waals surface area contributed by atoms with Crippen molar-refractivity contribution in [2.75, 3.05) is 10.6 Å². The maximum Gasteiger partial charge on any atom is 0.257 e. The number of amides is 1. The molecule has 0 fully saturated rings. The molecule has 0 unspecified atom stereocenters. The lowest BCUT2D eigenvalue weighted by Crippen LogP contribution is -2.34. The Hall–Kier alpha value is -2.45. The highest BCUT2D eigenvalue weighted by molar-refractivity contribution is 14.1. The average molecular weight is 487 g/mol. The molecule has 0 aliphatic rings. The van der Waals surface area contributed by atoms with Gasteiger partial charge in [0.15, 0.2) is 5.11 Å². The van der Waals surface area contributed by atoms with Gasteiger partial charge in [-0.3, -0.25) is 10.1 Å². The molecule has 0 aromatic heterocycles. The van der Waals surface area contributed by atoms with Crippen molar-refractivity contribution < 1.29 is 4.79 Å². The van der Waals surface area contributed by atoms with Gasteiger partial charge in [-0.2, -0.15) is 0 Å². The van der Waals surface area contributed by atoms with Gasteiger partial charge in [0, 0.05) is 26.2 Å². The fraction of sp³-hybridized carbons (Fsp3) is 0.0476. The molecule has 136 valence electrons. The van der Waals surface area contributed by atoms with Gasteiger partial charge >= 0.3 is 0 Å². The van der Waals surface area contributed by atoms with Gasteiger partial charge in [-0.1, -0.05) is 24.3 Å². The molecular weight excluding hydrogens is 469 g/mol. The molecule has 6 heteroatoms. The van der Waals surface area contributed by atoms with Gasteiger partial charge in [-0.15, -0.1) is 0 Å². The normalized spacial score (nSPS) is 10.1. The second kappa shape index (κ2) is 8.96. The van der Waals surface area contributed by atoms with E-state index in [1.807, 2.05) is 73.7 Å². The third kappa shape index (κ3) is 5.51. The van der Waals surface area contributed by atoms with E-state index in [0.717, 1.165) is 26.2 Å². The molecule has 0 aliphatic carbocycles. The van der Waals surface area contributed by atoms with E-state index >= 15 is 0 Å². The van der Waals surface area contributed by atoms with E-state index < -0.39 is 0 Å². The van der Waals surface area contributed by atoms with Crippen LogP contribution in [0.3, 0.4) is 0 Å². The summed E-state index contributed by atoms with van der Waals surface area (Å²) >= 11 is 7.46. The second-order valence-corrected chi connectivity index (χ2v) is 7.51. The van der Waals surface area contributed by atoms with Gasteiger partial charge in [0.1, 0.15) is 0 Å². The first kappa shape index (κ1) is 19.3. The van der Waals surface area contributed by atoms with Gasteiger partial charge < -0.3 is 10.6 Å². The summed E-state index contributed by atoms with van der Waals surface area (Å²) in [7, 11) is 0. The molecule has 0 aliphatic heterocycles.